The Labute approximate surface area is 126 Å². The molecule has 5 fully saturated rings. The highest BCUT2D eigenvalue weighted by atomic mass is 16.7. The summed E-state index contributed by atoms with van der Waals surface area (Å²) >= 11 is 0. The van der Waals surface area contributed by atoms with Crippen LogP contribution in [0.25, 0.3) is 0 Å². The average molecular weight is 310 g/mol. The Balaban J connectivity index is 1.75. The summed E-state index contributed by atoms with van der Waals surface area (Å²) in [5.74, 6) is -1.58. The van der Waals surface area contributed by atoms with Gasteiger partial charge in [0.2, 0.25) is 0 Å². The van der Waals surface area contributed by atoms with Crippen molar-refractivity contribution in [2.24, 2.45) is 11.8 Å². The van der Waals surface area contributed by atoms with E-state index in [1.807, 2.05) is 6.92 Å². The maximum absolute atomic E-state index is 12.1. The average Bonchev–Trinajstić information content (AvgIpc) is 2.98. The minimum absolute atomic E-state index is 0.0724. The highest BCUT2D eigenvalue weighted by Gasteiger charge is 2.83. The molecule has 5 rings (SSSR count). The summed E-state index contributed by atoms with van der Waals surface area (Å²) in [4.78, 5) is 24.1. The third-order valence-electron chi connectivity index (χ3n) is 6.21. The van der Waals surface area contributed by atoms with Gasteiger partial charge in [-0.1, -0.05) is 6.92 Å². The van der Waals surface area contributed by atoms with E-state index < -0.39 is 53.1 Å². The van der Waals surface area contributed by atoms with Crippen LogP contribution in [0.4, 0.5) is 0 Å². The molecule has 8 unspecified atom stereocenters. The molecule has 0 amide bonds. The quantitative estimate of drug-likeness (QED) is 0.624. The number of hydrogen-bond acceptors (Lipinski definition) is 7. The highest BCUT2D eigenvalue weighted by Crippen LogP contribution is 2.65. The molecule has 0 aromatic heterocycles. The van der Waals surface area contributed by atoms with E-state index in [2.05, 4.69) is 0 Å². The molecule has 22 heavy (non-hydrogen) atoms. The van der Waals surface area contributed by atoms with Gasteiger partial charge in [-0.05, 0) is 6.92 Å². The zero-order chi connectivity index (χ0) is 15.5. The number of rotatable bonds is 0. The fourth-order valence-electron chi connectivity index (χ4n) is 5.51. The number of aliphatic hydroxyl groups is 1. The van der Waals surface area contributed by atoms with Gasteiger partial charge in [0.1, 0.15) is 12.2 Å². The van der Waals surface area contributed by atoms with Crippen molar-refractivity contribution < 1.29 is 33.6 Å². The second-order valence-electron chi connectivity index (χ2n) is 7.59. The Kier molecular flexibility index (Phi) is 2.11. The van der Waals surface area contributed by atoms with Crippen LogP contribution in [0, 0.1) is 11.8 Å². The first kappa shape index (κ1) is 13.3. The van der Waals surface area contributed by atoms with Crippen molar-refractivity contribution in [2.45, 2.75) is 68.4 Å². The molecule has 7 heteroatoms. The van der Waals surface area contributed by atoms with Crippen LogP contribution < -0.4 is 0 Å². The number of ether oxygens (including phenoxy) is 4. The van der Waals surface area contributed by atoms with Gasteiger partial charge in [-0.2, -0.15) is 0 Å². The molecule has 4 saturated heterocycles. The first-order valence-corrected chi connectivity index (χ1v) is 7.77. The number of hydrogen-bond donors (Lipinski definition) is 1. The molecule has 2 bridgehead atoms. The van der Waals surface area contributed by atoms with Crippen LogP contribution in [0.2, 0.25) is 0 Å². The lowest BCUT2D eigenvalue weighted by Gasteiger charge is -2.42. The second kappa shape index (κ2) is 3.49. The minimum Gasteiger partial charge on any atom is -0.462 e. The smallest absolute Gasteiger partial charge is 0.309 e. The Morgan fingerprint density at radius 3 is 2.86 bits per heavy atom. The Bertz CT molecular complexity index is 605. The first-order valence-electron chi connectivity index (χ1n) is 7.77. The van der Waals surface area contributed by atoms with Gasteiger partial charge < -0.3 is 24.1 Å². The molecule has 1 saturated carbocycles. The van der Waals surface area contributed by atoms with Crippen molar-refractivity contribution in [3.8, 4) is 0 Å². The van der Waals surface area contributed by atoms with E-state index in [4.69, 9.17) is 18.9 Å². The van der Waals surface area contributed by atoms with Crippen LogP contribution in [0.3, 0.4) is 0 Å². The number of carbonyl (C=O) groups is 2. The van der Waals surface area contributed by atoms with Gasteiger partial charge in [-0.3, -0.25) is 9.59 Å². The number of carbonyl (C=O) groups excluding carboxylic acids is 2. The molecule has 1 spiro atoms. The molecule has 120 valence electrons. The molecule has 5 aliphatic rings. The van der Waals surface area contributed by atoms with Gasteiger partial charge in [0, 0.05) is 12.8 Å². The van der Waals surface area contributed by atoms with E-state index in [-0.39, 0.29) is 12.4 Å². The second-order valence-corrected chi connectivity index (χ2v) is 7.59. The number of fused-ring (bicyclic) bond motifs is 2. The summed E-state index contributed by atoms with van der Waals surface area (Å²) in [6, 6.07) is 0. The zero-order valence-electron chi connectivity index (χ0n) is 12.4. The van der Waals surface area contributed by atoms with E-state index in [1.165, 1.54) is 0 Å². The number of esters is 2. The van der Waals surface area contributed by atoms with E-state index in [0.29, 0.717) is 12.8 Å². The normalized spacial score (nSPS) is 61.5. The van der Waals surface area contributed by atoms with E-state index in [1.54, 1.807) is 6.92 Å². The Morgan fingerprint density at radius 1 is 1.32 bits per heavy atom. The van der Waals surface area contributed by atoms with Crippen molar-refractivity contribution in [3.05, 3.63) is 0 Å². The van der Waals surface area contributed by atoms with E-state index >= 15 is 0 Å². The van der Waals surface area contributed by atoms with Crippen LogP contribution in [0.1, 0.15) is 33.1 Å². The van der Waals surface area contributed by atoms with Crippen LogP contribution in [-0.2, 0) is 28.5 Å². The standard InChI is InChI=1S/C15H18O7/c1-6-10-7(19-11(6)17)4-13(2)5-14(18)12(22-13)20-8-3-9(16)21-15(8,10)14/h6-8,10,12,18H,3-5H2,1-2H3. The summed E-state index contributed by atoms with van der Waals surface area (Å²) < 4.78 is 23.0. The zero-order valence-corrected chi connectivity index (χ0v) is 12.4. The lowest BCUT2D eigenvalue weighted by molar-refractivity contribution is -0.219. The largest absolute Gasteiger partial charge is 0.462 e. The summed E-state index contributed by atoms with van der Waals surface area (Å²) in [5, 5.41) is 11.4. The topological polar surface area (TPSA) is 91.3 Å². The molecule has 4 heterocycles. The molecule has 0 radical (unpaired) electrons. The van der Waals surface area contributed by atoms with Crippen LogP contribution >= 0.6 is 0 Å². The molecule has 1 N–H and O–H groups in total. The molecule has 1 aliphatic carbocycles. The van der Waals surface area contributed by atoms with Gasteiger partial charge in [0.05, 0.1) is 23.9 Å². The van der Waals surface area contributed by atoms with Gasteiger partial charge >= 0.3 is 11.9 Å². The first-order chi connectivity index (χ1) is 10.3. The van der Waals surface area contributed by atoms with Crippen LogP contribution in [0.15, 0.2) is 0 Å². The SMILES string of the molecule is CC1C(=O)OC2CC3(C)CC4(O)C(OC5CC(=O)OC54C21)O3. The molecule has 4 aliphatic heterocycles. The minimum atomic E-state index is -1.43. The highest BCUT2D eigenvalue weighted by molar-refractivity contribution is 5.78. The predicted octanol–water partition coefficient (Wildman–Crippen LogP) is -0.112. The molecular formula is C15H18O7. The third-order valence-corrected chi connectivity index (χ3v) is 6.21. The molecular weight excluding hydrogens is 292 g/mol. The van der Waals surface area contributed by atoms with Crippen LogP contribution in [-0.4, -0.2) is 52.3 Å². The third kappa shape index (κ3) is 1.19. The van der Waals surface area contributed by atoms with E-state index in [0.717, 1.165) is 0 Å². The molecule has 0 aromatic carbocycles. The predicted molar refractivity (Wildman–Crippen MR) is 68.3 cm³/mol. The molecule has 7 nitrogen and oxygen atoms in total. The Hall–Kier alpha value is -1.18. The van der Waals surface area contributed by atoms with Gasteiger partial charge in [-0.15, -0.1) is 0 Å². The van der Waals surface area contributed by atoms with Crippen molar-refractivity contribution in [1.29, 1.82) is 0 Å². The fraction of sp³-hybridized carbons (Fsp3) is 0.867. The maximum Gasteiger partial charge on any atom is 0.309 e. The summed E-state index contributed by atoms with van der Waals surface area (Å²) in [6.45, 7) is 3.65. The van der Waals surface area contributed by atoms with Gasteiger partial charge in [0.15, 0.2) is 17.5 Å². The lowest BCUT2D eigenvalue weighted by Crippen LogP contribution is -2.63. The monoisotopic (exact) mass is 310 g/mol. The van der Waals surface area contributed by atoms with Crippen LogP contribution in [0.5, 0.6) is 0 Å². The molecule has 8 atom stereocenters. The Morgan fingerprint density at radius 2 is 2.09 bits per heavy atom. The molecule has 0 aromatic rings. The van der Waals surface area contributed by atoms with Gasteiger partial charge in [0.25, 0.3) is 0 Å². The maximum atomic E-state index is 12.1. The van der Waals surface area contributed by atoms with Crippen molar-refractivity contribution >= 4 is 11.9 Å². The summed E-state index contributed by atoms with van der Waals surface area (Å²) in [7, 11) is 0. The van der Waals surface area contributed by atoms with Crippen molar-refractivity contribution in [1.82, 2.24) is 0 Å². The van der Waals surface area contributed by atoms with E-state index in [9.17, 15) is 14.7 Å². The van der Waals surface area contributed by atoms with Crippen molar-refractivity contribution in [3.63, 3.8) is 0 Å². The lowest BCUT2D eigenvalue weighted by atomic mass is 9.67. The van der Waals surface area contributed by atoms with Crippen molar-refractivity contribution in [2.75, 3.05) is 0 Å². The summed E-state index contributed by atoms with van der Waals surface area (Å²) in [5.41, 5.74) is -3.34. The van der Waals surface area contributed by atoms with Gasteiger partial charge in [-0.25, -0.2) is 0 Å². The fourth-order valence-corrected chi connectivity index (χ4v) is 5.51. The summed E-state index contributed by atoms with van der Waals surface area (Å²) in [6.07, 6.45) is -0.990.